The summed E-state index contributed by atoms with van der Waals surface area (Å²) >= 11 is 0. The van der Waals surface area contributed by atoms with Crippen LogP contribution in [0.4, 0.5) is 20.2 Å². The van der Waals surface area contributed by atoms with E-state index in [9.17, 15) is 17.2 Å². The van der Waals surface area contributed by atoms with Crippen molar-refractivity contribution in [3.63, 3.8) is 0 Å². The lowest BCUT2D eigenvalue weighted by Gasteiger charge is -2.25. The molecule has 1 aliphatic heterocycles. The van der Waals surface area contributed by atoms with Crippen molar-refractivity contribution in [2.75, 3.05) is 18.2 Å². The fourth-order valence-corrected chi connectivity index (χ4v) is 6.31. The highest BCUT2D eigenvalue weighted by molar-refractivity contribution is 7.90. The monoisotopic (exact) mass is 553 g/mol. The van der Waals surface area contributed by atoms with E-state index in [4.69, 9.17) is 14.7 Å². The Morgan fingerprint density at radius 2 is 1.90 bits per heavy atom. The number of benzene rings is 1. The second-order valence-corrected chi connectivity index (χ2v) is 12.3. The summed E-state index contributed by atoms with van der Waals surface area (Å²) in [6, 6.07) is 11.9. The highest BCUT2D eigenvalue weighted by Gasteiger charge is 2.40. The van der Waals surface area contributed by atoms with Crippen LogP contribution in [0.5, 0.6) is 0 Å². The van der Waals surface area contributed by atoms with Gasteiger partial charge in [0.15, 0.2) is 15.5 Å². The molecule has 1 N–H and O–H groups in total. The number of aromatic nitrogens is 4. The first-order valence-electron chi connectivity index (χ1n) is 13.0. The molecule has 11 heteroatoms. The molecule has 2 aliphatic rings. The maximum Gasteiger partial charge on any atom is 0.290 e. The number of imidazole rings is 1. The fourth-order valence-electron chi connectivity index (χ4n) is 5.46. The maximum absolute atomic E-state index is 14.4. The molecule has 1 saturated heterocycles. The van der Waals surface area contributed by atoms with Gasteiger partial charge in [-0.25, -0.2) is 18.4 Å². The Balaban J connectivity index is 1.47. The third kappa shape index (κ3) is 4.89. The zero-order chi connectivity index (χ0) is 27.4. The van der Waals surface area contributed by atoms with E-state index in [1.165, 1.54) is 0 Å². The van der Waals surface area contributed by atoms with Crippen LogP contribution in [0.15, 0.2) is 47.4 Å². The molecule has 0 spiro atoms. The van der Waals surface area contributed by atoms with Crippen molar-refractivity contribution in [1.82, 2.24) is 19.5 Å². The van der Waals surface area contributed by atoms with Crippen LogP contribution in [0.25, 0.3) is 11.2 Å². The summed E-state index contributed by atoms with van der Waals surface area (Å²) in [7, 11) is -3.51. The number of hydrogen-bond acceptors (Lipinski definition) is 7. The molecule has 1 aliphatic carbocycles. The Hall–Kier alpha value is -3.44. The first-order chi connectivity index (χ1) is 18.6. The van der Waals surface area contributed by atoms with Gasteiger partial charge in [0.25, 0.3) is 5.92 Å². The van der Waals surface area contributed by atoms with Gasteiger partial charge in [-0.15, -0.1) is 0 Å². The van der Waals surface area contributed by atoms with Crippen LogP contribution < -0.4 is 5.32 Å². The Kier molecular flexibility index (Phi) is 6.38. The molecule has 4 heterocycles. The molecule has 1 fully saturated rings. The molecule has 0 saturated carbocycles. The Morgan fingerprint density at radius 1 is 1.08 bits per heavy atom. The van der Waals surface area contributed by atoms with Gasteiger partial charge in [-0.05, 0) is 62.4 Å². The van der Waals surface area contributed by atoms with E-state index in [0.29, 0.717) is 52.5 Å². The van der Waals surface area contributed by atoms with Crippen molar-refractivity contribution in [3.05, 3.63) is 70.9 Å². The Morgan fingerprint density at radius 3 is 2.67 bits per heavy atom. The maximum atomic E-state index is 14.4. The predicted molar refractivity (Wildman–Crippen MR) is 143 cm³/mol. The van der Waals surface area contributed by atoms with E-state index in [0.717, 1.165) is 31.3 Å². The van der Waals surface area contributed by atoms with Gasteiger partial charge in [-0.1, -0.05) is 18.2 Å². The third-order valence-electron chi connectivity index (χ3n) is 7.33. The first kappa shape index (κ1) is 25.8. The smallest absolute Gasteiger partial charge is 0.290 e. The molecule has 8 nitrogen and oxygen atoms in total. The minimum atomic E-state index is -3.51. The SMILES string of the molecule is Cc1nc2c(Nc3ccccc3S(C)(=O)=O)cc(Cc3ccc4c(n3)C(F)(F)CC4)nc2n1C1CCCCO1. The molecular weight excluding hydrogens is 524 g/mol. The van der Waals surface area contributed by atoms with Crippen LogP contribution in [-0.4, -0.2) is 40.8 Å². The van der Waals surface area contributed by atoms with Crippen molar-refractivity contribution >= 4 is 32.4 Å². The normalized spacial score (nSPS) is 18.8. The number of anilines is 2. The minimum Gasteiger partial charge on any atom is -0.358 e. The number of alkyl halides is 2. The lowest BCUT2D eigenvalue weighted by Crippen LogP contribution is -2.19. The van der Waals surface area contributed by atoms with Crippen molar-refractivity contribution < 1.29 is 21.9 Å². The number of hydrogen-bond donors (Lipinski definition) is 1. The number of nitrogens with zero attached hydrogens (tertiary/aromatic N) is 4. The van der Waals surface area contributed by atoms with Gasteiger partial charge in [0.1, 0.15) is 23.3 Å². The van der Waals surface area contributed by atoms with Gasteiger partial charge in [-0.2, -0.15) is 8.78 Å². The average molecular weight is 554 g/mol. The lowest BCUT2D eigenvalue weighted by molar-refractivity contribution is -0.0309. The zero-order valence-electron chi connectivity index (χ0n) is 21.7. The molecular formula is C28H29F2N5O3S. The molecule has 1 unspecified atom stereocenters. The molecule has 0 amide bonds. The van der Waals surface area contributed by atoms with Gasteiger partial charge in [0.2, 0.25) is 0 Å². The van der Waals surface area contributed by atoms with E-state index in [1.54, 1.807) is 42.5 Å². The first-order valence-corrected chi connectivity index (χ1v) is 14.9. The summed E-state index contributed by atoms with van der Waals surface area (Å²) in [5, 5.41) is 3.27. The number of sulfone groups is 1. The summed E-state index contributed by atoms with van der Waals surface area (Å²) in [5.74, 6) is -2.21. The minimum absolute atomic E-state index is 0.155. The number of nitrogens with one attached hydrogen (secondary N) is 1. The van der Waals surface area contributed by atoms with Crippen LogP contribution in [0, 0.1) is 6.92 Å². The Labute approximate surface area is 225 Å². The lowest BCUT2D eigenvalue weighted by atomic mass is 10.1. The number of rotatable bonds is 6. The van der Waals surface area contributed by atoms with Gasteiger partial charge in [-0.3, -0.25) is 9.55 Å². The van der Waals surface area contributed by atoms with Gasteiger partial charge in [0, 0.05) is 31.4 Å². The molecule has 39 heavy (non-hydrogen) atoms. The third-order valence-corrected chi connectivity index (χ3v) is 8.49. The van der Waals surface area contributed by atoms with Crippen LogP contribution >= 0.6 is 0 Å². The highest BCUT2D eigenvalue weighted by atomic mass is 32.2. The Bertz CT molecular complexity index is 1680. The molecule has 4 aromatic rings. The van der Waals surface area contributed by atoms with Gasteiger partial charge < -0.3 is 10.1 Å². The van der Waals surface area contributed by atoms with Gasteiger partial charge >= 0.3 is 0 Å². The summed E-state index contributed by atoms with van der Waals surface area (Å²) < 4.78 is 61.8. The van der Waals surface area contributed by atoms with Crippen molar-refractivity contribution in [2.24, 2.45) is 0 Å². The number of ether oxygens (including phenoxy) is 1. The topological polar surface area (TPSA) is 99.0 Å². The van der Waals surface area contributed by atoms with Crippen LogP contribution in [0.1, 0.15) is 60.4 Å². The van der Waals surface area contributed by atoms with E-state index in [-0.39, 0.29) is 29.7 Å². The summed E-state index contributed by atoms with van der Waals surface area (Å²) in [4.78, 5) is 14.2. The number of para-hydroxylation sites is 1. The van der Waals surface area contributed by atoms with Crippen LogP contribution in [0.2, 0.25) is 0 Å². The average Bonchev–Trinajstić information content (AvgIpc) is 3.39. The number of aryl methyl sites for hydroxylation is 2. The van der Waals surface area contributed by atoms with E-state index >= 15 is 0 Å². The van der Waals surface area contributed by atoms with E-state index in [2.05, 4.69) is 10.3 Å². The van der Waals surface area contributed by atoms with E-state index in [1.807, 2.05) is 11.5 Å². The number of fused-ring (bicyclic) bond motifs is 2. The molecule has 1 aromatic carbocycles. The predicted octanol–water partition coefficient (Wildman–Crippen LogP) is 5.61. The summed E-state index contributed by atoms with van der Waals surface area (Å²) in [6.45, 7) is 2.53. The zero-order valence-corrected chi connectivity index (χ0v) is 22.6. The standard InChI is InChI=1S/C28H29F2N5O3S/c1-17-31-25-22(34-21-7-3-4-8-23(21)39(2,36)37)16-20(33-27(25)35(17)24-9-5-6-14-38-24)15-19-11-10-18-12-13-28(29,30)26(18)32-19/h3-4,7-8,10-11,16,24H,5-6,9,12-15H2,1-2H3,(H,33,34). The quantitative estimate of drug-likeness (QED) is 0.331. The molecule has 3 aromatic heterocycles. The summed E-state index contributed by atoms with van der Waals surface area (Å²) in [5.41, 5.74) is 3.64. The summed E-state index contributed by atoms with van der Waals surface area (Å²) in [6.07, 6.45) is 4.07. The van der Waals surface area contributed by atoms with Crippen molar-refractivity contribution in [3.8, 4) is 0 Å². The van der Waals surface area contributed by atoms with Crippen LogP contribution in [-0.2, 0) is 33.3 Å². The van der Waals surface area contributed by atoms with Crippen LogP contribution in [0.3, 0.4) is 0 Å². The van der Waals surface area contributed by atoms with E-state index < -0.39 is 15.8 Å². The van der Waals surface area contributed by atoms with Gasteiger partial charge in [0.05, 0.1) is 22.0 Å². The molecule has 0 bridgehead atoms. The molecule has 0 radical (unpaired) electrons. The fraction of sp³-hybridized carbons (Fsp3) is 0.393. The number of halogens is 2. The largest absolute Gasteiger partial charge is 0.358 e. The number of pyridine rings is 2. The second-order valence-electron chi connectivity index (χ2n) is 10.3. The molecule has 204 valence electrons. The second kappa shape index (κ2) is 9.63. The molecule has 6 rings (SSSR count). The van der Waals surface area contributed by atoms with Crippen molar-refractivity contribution in [2.45, 2.75) is 62.5 Å². The molecule has 1 atom stereocenters. The van der Waals surface area contributed by atoms with Crippen molar-refractivity contribution in [1.29, 1.82) is 0 Å². The highest BCUT2D eigenvalue weighted by Crippen LogP contribution is 2.40.